The highest BCUT2D eigenvalue weighted by atomic mass is 15.0. The van der Waals surface area contributed by atoms with Crippen molar-refractivity contribution in [3.63, 3.8) is 0 Å². The second-order valence-corrected chi connectivity index (χ2v) is 15.2. The lowest BCUT2D eigenvalue weighted by Gasteiger charge is -2.24. The van der Waals surface area contributed by atoms with Crippen LogP contribution in [0.15, 0.2) is 182 Å². The van der Waals surface area contributed by atoms with Crippen LogP contribution in [-0.4, -0.2) is 19.5 Å². The Hall–Kier alpha value is -7.17. The van der Waals surface area contributed by atoms with Crippen LogP contribution in [0, 0.1) is 0 Å². The molecule has 1 aliphatic carbocycles. The summed E-state index contributed by atoms with van der Waals surface area (Å²) in [6.07, 6.45) is 0. The summed E-state index contributed by atoms with van der Waals surface area (Å²) in [6, 6.07) is 64.7. The number of rotatable bonds is 5. The van der Waals surface area contributed by atoms with E-state index in [9.17, 15) is 0 Å². The van der Waals surface area contributed by atoms with Crippen molar-refractivity contribution in [1.82, 2.24) is 19.5 Å². The zero-order valence-electron chi connectivity index (χ0n) is 31.1. The molecule has 8 aromatic carbocycles. The normalized spacial score (nSPS) is 13.0. The molecule has 264 valence electrons. The van der Waals surface area contributed by atoms with Crippen molar-refractivity contribution in [2.45, 2.75) is 19.3 Å². The Morgan fingerprint density at radius 2 is 0.929 bits per heavy atom. The highest BCUT2D eigenvalue weighted by Gasteiger charge is 2.40. The zero-order chi connectivity index (χ0) is 37.4. The number of hydrogen-bond donors (Lipinski definition) is 0. The van der Waals surface area contributed by atoms with Crippen LogP contribution < -0.4 is 0 Å². The average molecular weight is 717 g/mol. The van der Waals surface area contributed by atoms with Gasteiger partial charge >= 0.3 is 0 Å². The monoisotopic (exact) mass is 716 g/mol. The molecular weight excluding hydrogens is 681 g/mol. The van der Waals surface area contributed by atoms with Gasteiger partial charge in [-0.15, -0.1) is 0 Å². The lowest BCUT2D eigenvalue weighted by atomic mass is 9.80. The summed E-state index contributed by atoms with van der Waals surface area (Å²) in [4.78, 5) is 14.8. The minimum atomic E-state index is -0.191. The molecule has 2 aromatic heterocycles. The fourth-order valence-electron chi connectivity index (χ4n) is 9.02. The van der Waals surface area contributed by atoms with Gasteiger partial charge in [0.25, 0.3) is 0 Å². The van der Waals surface area contributed by atoms with Gasteiger partial charge in [0.2, 0.25) is 0 Å². The van der Waals surface area contributed by atoms with Crippen LogP contribution in [0.2, 0.25) is 0 Å². The predicted molar refractivity (Wildman–Crippen MR) is 231 cm³/mol. The van der Waals surface area contributed by atoms with Crippen LogP contribution in [0.4, 0.5) is 0 Å². The van der Waals surface area contributed by atoms with Crippen LogP contribution in [0.1, 0.15) is 25.0 Å². The molecule has 0 amide bonds. The van der Waals surface area contributed by atoms with Gasteiger partial charge in [0.1, 0.15) is 0 Å². The van der Waals surface area contributed by atoms with Crippen molar-refractivity contribution in [3.8, 4) is 62.1 Å². The Balaban J connectivity index is 1.11. The molecule has 2 heterocycles. The van der Waals surface area contributed by atoms with Gasteiger partial charge in [-0.25, -0.2) is 15.0 Å². The van der Waals surface area contributed by atoms with Crippen molar-refractivity contribution >= 4 is 32.6 Å². The van der Waals surface area contributed by atoms with Crippen LogP contribution in [0.3, 0.4) is 0 Å². The maximum atomic E-state index is 4.97. The van der Waals surface area contributed by atoms with E-state index in [4.69, 9.17) is 15.0 Å². The smallest absolute Gasteiger partial charge is 0.164 e. The molecule has 4 nitrogen and oxygen atoms in total. The molecule has 0 saturated heterocycles. The Bertz CT molecular complexity index is 3070. The van der Waals surface area contributed by atoms with Crippen molar-refractivity contribution in [2.24, 2.45) is 0 Å². The highest BCUT2D eigenvalue weighted by Crippen LogP contribution is 2.56. The van der Waals surface area contributed by atoms with Gasteiger partial charge in [0.15, 0.2) is 17.5 Å². The average Bonchev–Trinajstić information content (AvgIpc) is 3.73. The molecule has 0 saturated carbocycles. The molecule has 0 N–H and O–H groups in total. The van der Waals surface area contributed by atoms with E-state index in [1.165, 1.54) is 54.8 Å². The molecule has 1 aliphatic rings. The van der Waals surface area contributed by atoms with E-state index in [1.807, 2.05) is 60.7 Å². The Labute approximate surface area is 325 Å². The first-order valence-electron chi connectivity index (χ1n) is 19.2. The topological polar surface area (TPSA) is 43.6 Å². The molecule has 0 spiro atoms. The van der Waals surface area contributed by atoms with E-state index in [0.29, 0.717) is 17.5 Å². The highest BCUT2D eigenvalue weighted by molar-refractivity contribution is 6.27. The predicted octanol–water partition coefficient (Wildman–Crippen LogP) is 13.1. The molecular formula is C52H36N4. The molecule has 0 aliphatic heterocycles. The van der Waals surface area contributed by atoms with E-state index in [2.05, 4.69) is 140 Å². The second kappa shape index (κ2) is 12.4. The van der Waals surface area contributed by atoms with E-state index in [0.717, 1.165) is 33.5 Å². The van der Waals surface area contributed by atoms with E-state index >= 15 is 0 Å². The van der Waals surface area contributed by atoms with Crippen molar-refractivity contribution in [3.05, 3.63) is 193 Å². The van der Waals surface area contributed by atoms with Gasteiger partial charge in [-0.3, -0.25) is 0 Å². The summed E-state index contributed by atoms with van der Waals surface area (Å²) in [5.41, 5.74) is 14.1. The maximum Gasteiger partial charge on any atom is 0.164 e. The third kappa shape index (κ3) is 4.89. The summed E-state index contributed by atoms with van der Waals surface area (Å²) in [7, 11) is 0. The van der Waals surface area contributed by atoms with Gasteiger partial charge in [-0.1, -0.05) is 172 Å². The zero-order valence-corrected chi connectivity index (χ0v) is 31.1. The van der Waals surface area contributed by atoms with Crippen LogP contribution in [-0.2, 0) is 5.41 Å². The molecule has 0 radical (unpaired) electrons. The summed E-state index contributed by atoms with van der Waals surface area (Å²) < 4.78 is 2.51. The lowest BCUT2D eigenvalue weighted by molar-refractivity contribution is 0.664. The summed E-state index contributed by atoms with van der Waals surface area (Å²) in [6.45, 7) is 4.79. The van der Waals surface area contributed by atoms with Crippen molar-refractivity contribution < 1.29 is 0 Å². The maximum absolute atomic E-state index is 4.97. The van der Waals surface area contributed by atoms with Crippen LogP contribution in [0.5, 0.6) is 0 Å². The van der Waals surface area contributed by atoms with Gasteiger partial charge in [0.05, 0.1) is 11.0 Å². The van der Waals surface area contributed by atoms with Gasteiger partial charge in [-0.05, 0) is 68.4 Å². The standard InChI is InChI=1S/C52H36N4/c1-52(2)43-25-15-14-24-41(43)45-39-22-12-13-23-40(39)46-42-32-37(30-31-44(42)56(48(46)47(45)52)38-20-10-5-11-21-38)33-26-28-36(29-27-33)51-54-49(34-16-6-3-7-17-34)53-50(55-51)35-18-8-4-9-19-35/h3-32H,1-2H3. The molecule has 0 unspecified atom stereocenters. The lowest BCUT2D eigenvalue weighted by Crippen LogP contribution is -2.16. The number of benzene rings is 8. The minimum Gasteiger partial charge on any atom is -0.309 e. The Kier molecular flexibility index (Phi) is 7.17. The first-order chi connectivity index (χ1) is 27.5. The van der Waals surface area contributed by atoms with Gasteiger partial charge < -0.3 is 4.57 Å². The van der Waals surface area contributed by atoms with E-state index in [1.54, 1.807) is 0 Å². The van der Waals surface area contributed by atoms with Gasteiger partial charge in [0, 0.05) is 38.6 Å². The largest absolute Gasteiger partial charge is 0.309 e. The third-order valence-corrected chi connectivity index (χ3v) is 11.6. The Morgan fingerprint density at radius 3 is 1.57 bits per heavy atom. The quantitative estimate of drug-likeness (QED) is 0.178. The van der Waals surface area contributed by atoms with E-state index < -0.39 is 0 Å². The fraction of sp³-hybridized carbons (Fsp3) is 0.0577. The van der Waals surface area contributed by atoms with Crippen LogP contribution in [0.25, 0.3) is 94.7 Å². The molecule has 11 rings (SSSR count). The Morgan fingerprint density at radius 1 is 0.429 bits per heavy atom. The first-order valence-corrected chi connectivity index (χ1v) is 19.2. The third-order valence-electron chi connectivity index (χ3n) is 11.6. The summed E-state index contributed by atoms with van der Waals surface area (Å²) in [5, 5.41) is 5.12. The minimum absolute atomic E-state index is 0.191. The fourth-order valence-corrected chi connectivity index (χ4v) is 9.02. The molecule has 0 bridgehead atoms. The number of fused-ring (bicyclic) bond motifs is 10. The molecule has 4 heteroatoms. The van der Waals surface area contributed by atoms with Crippen molar-refractivity contribution in [1.29, 1.82) is 0 Å². The molecule has 0 atom stereocenters. The number of hydrogen-bond acceptors (Lipinski definition) is 3. The molecule has 0 fully saturated rings. The number of aromatic nitrogens is 4. The van der Waals surface area contributed by atoms with Crippen LogP contribution >= 0.6 is 0 Å². The summed E-state index contributed by atoms with van der Waals surface area (Å²) >= 11 is 0. The summed E-state index contributed by atoms with van der Waals surface area (Å²) in [5.74, 6) is 1.96. The molecule has 10 aromatic rings. The van der Waals surface area contributed by atoms with Gasteiger partial charge in [-0.2, -0.15) is 0 Å². The molecule has 56 heavy (non-hydrogen) atoms. The SMILES string of the molecule is CC1(C)c2ccccc2-c2c1c1c(c3ccccc23)c2cc(-c3ccc(-c4nc(-c5ccccc5)nc(-c5ccccc5)n4)cc3)ccc2n1-c1ccccc1. The van der Waals surface area contributed by atoms with Crippen molar-refractivity contribution in [2.75, 3.05) is 0 Å². The first kappa shape index (κ1) is 32.3. The van der Waals surface area contributed by atoms with E-state index in [-0.39, 0.29) is 5.41 Å². The second-order valence-electron chi connectivity index (χ2n) is 15.2. The number of nitrogens with zero attached hydrogens (tertiary/aromatic N) is 4. The number of para-hydroxylation sites is 1.